The van der Waals surface area contributed by atoms with Crippen molar-refractivity contribution in [2.75, 3.05) is 11.9 Å². The zero-order valence-corrected chi connectivity index (χ0v) is 12.3. The van der Waals surface area contributed by atoms with E-state index in [0.29, 0.717) is 6.54 Å². The maximum atomic E-state index is 12.4. The van der Waals surface area contributed by atoms with E-state index in [0.717, 1.165) is 24.2 Å². The average molecular weight is 286 g/mol. The van der Waals surface area contributed by atoms with Crippen molar-refractivity contribution >= 4 is 22.9 Å². The van der Waals surface area contributed by atoms with Crippen molar-refractivity contribution in [1.82, 2.24) is 5.32 Å². The van der Waals surface area contributed by atoms with E-state index in [1.165, 1.54) is 10.4 Å². The van der Waals surface area contributed by atoms with Gasteiger partial charge in [-0.2, -0.15) is 0 Å². The summed E-state index contributed by atoms with van der Waals surface area (Å²) in [4.78, 5) is 13.7. The Morgan fingerprint density at radius 3 is 3.05 bits per heavy atom. The number of nitrogens with one attached hydrogen (secondary N) is 2. The van der Waals surface area contributed by atoms with Crippen molar-refractivity contribution in [1.29, 1.82) is 0 Å². The monoisotopic (exact) mass is 286 g/mol. The fourth-order valence-corrected chi connectivity index (χ4v) is 3.46. The molecule has 0 fully saturated rings. The third kappa shape index (κ3) is 2.56. The molecule has 3 nitrogen and oxygen atoms in total. The van der Waals surface area contributed by atoms with Crippen molar-refractivity contribution in [3.8, 4) is 0 Å². The first-order valence-corrected chi connectivity index (χ1v) is 7.77. The van der Waals surface area contributed by atoms with E-state index in [2.05, 4.69) is 29.0 Å². The van der Waals surface area contributed by atoms with Gasteiger partial charge in [-0.15, -0.1) is 11.3 Å². The third-order valence-electron chi connectivity index (χ3n) is 3.79. The van der Waals surface area contributed by atoms with E-state index in [-0.39, 0.29) is 11.8 Å². The SMILES string of the molecule is Cc1ccsc1CNC(=O)C1CCNc2ccccc21. The second kappa shape index (κ2) is 5.67. The van der Waals surface area contributed by atoms with Crippen LogP contribution in [0.5, 0.6) is 0 Å². The highest BCUT2D eigenvalue weighted by atomic mass is 32.1. The number of rotatable bonds is 3. The Hall–Kier alpha value is -1.81. The van der Waals surface area contributed by atoms with Gasteiger partial charge in [-0.25, -0.2) is 0 Å². The molecular formula is C16H18N2OS. The van der Waals surface area contributed by atoms with Crippen molar-refractivity contribution in [2.45, 2.75) is 25.8 Å². The zero-order valence-electron chi connectivity index (χ0n) is 11.5. The maximum absolute atomic E-state index is 12.4. The van der Waals surface area contributed by atoms with Crippen LogP contribution in [0.3, 0.4) is 0 Å². The van der Waals surface area contributed by atoms with Crippen LogP contribution in [0.2, 0.25) is 0 Å². The Labute approximate surface area is 123 Å². The van der Waals surface area contributed by atoms with E-state index in [1.807, 2.05) is 24.3 Å². The Morgan fingerprint density at radius 1 is 1.40 bits per heavy atom. The van der Waals surface area contributed by atoms with Crippen LogP contribution in [0, 0.1) is 6.92 Å². The molecule has 1 unspecified atom stereocenters. The molecule has 0 bridgehead atoms. The molecule has 104 valence electrons. The van der Waals surface area contributed by atoms with Crippen molar-refractivity contribution < 1.29 is 4.79 Å². The van der Waals surface area contributed by atoms with Gasteiger partial charge in [0.2, 0.25) is 5.91 Å². The molecule has 2 N–H and O–H groups in total. The fraction of sp³-hybridized carbons (Fsp3) is 0.312. The van der Waals surface area contributed by atoms with E-state index in [4.69, 9.17) is 0 Å². The van der Waals surface area contributed by atoms with E-state index in [1.54, 1.807) is 11.3 Å². The number of fused-ring (bicyclic) bond motifs is 1. The molecule has 20 heavy (non-hydrogen) atoms. The van der Waals surface area contributed by atoms with Crippen LogP contribution in [0.25, 0.3) is 0 Å². The van der Waals surface area contributed by atoms with Gasteiger partial charge in [-0.1, -0.05) is 18.2 Å². The Kier molecular flexibility index (Phi) is 3.74. The molecular weight excluding hydrogens is 268 g/mol. The lowest BCUT2D eigenvalue weighted by Crippen LogP contribution is -2.32. The molecule has 2 aromatic rings. The zero-order chi connectivity index (χ0) is 13.9. The molecule has 4 heteroatoms. The predicted octanol–water partition coefficient (Wildman–Crippen LogP) is 3.27. The van der Waals surface area contributed by atoms with Crippen LogP contribution in [-0.2, 0) is 11.3 Å². The van der Waals surface area contributed by atoms with Gasteiger partial charge < -0.3 is 10.6 Å². The third-order valence-corrected chi connectivity index (χ3v) is 4.82. The number of amides is 1. The molecule has 1 aromatic carbocycles. The molecule has 1 amide bonds. The van der Waals surface area contributed by atoms with E-state index in [9.17, 15) is 4.79 Å². The van der Waals surface area contributed by atoms with Gasteiger partial charge >= 0.3 is 0 Å². The van der Waals surface area contributed by atoms with Crippen molar-refractivity contribution in [3.63, 3.8) is 0 Å². The topological polar surface area (TPSA) is 41.1 Å². The van der Waals surface area contributed by atoms with Crippen LogP contribution in [0.4, 0.5) is 5.69 Å². The van der Waals surface area contributed by atoms with E-state index < -0.39 is 0 Å². The summed E-state index contributed by atoms with van der Waals surface area (Å²) in [6.07, 6.45) is 0.853. The molecule has 3 rings (SSSR count). The highest BCUT2D eigenvalue weighted by molar-refractivity contribution is 7.10. The highest BCUT2D eigenvalue weighted by Crippen LogP contribution is 2.31. The summed E-state index contributed by atoms with van der Waals surface area (Å²) in [5.41, 5.74) is 3.45. The van der Waals surface area contributed by atoms with Crippen LogP contribution in [0.1, 0.15) is 28.3 Å². The van der Waals surface area contributed by atoms with Crippen LogP contribution < -0.4 is 10.6 Å². The molecule has 2 heterocycles. The molecule has 1 atom stereocenters. The van der Waals surface area contributed by atoms with Crippen LogP contribution >= 0.6 is 11.3 Å². The van der Waals surface area contributed by atoms with Gasteiger partial charge in [0.1, 0.15) is 0 Å². The average Bonchev–Trinajstić information content (AvgIpc) is 2.89. The largest absolute Gasteiger partial charge is 0.385 e. The molecule has 0 saturated heterocycles. The maximum Gasteiger partial charge on any atom is 0.227 e. The van der Waals surface area contributed by atoms with Crippen molar-refractivity contribution in [2.24, 2.45) is 0 Å². The van der Waals surface area contributed by atoms with Crippen LogP contribution in [-0.4, -0.2) is 12.5 Å². The summed E-state index contributed by atoms with van der Waals surface area (Å²) in [6, 6.07) is 10.2. The summed E-state index contributed by atoms with van der Waals surface area (Å²) in [5.74, 6) is 0.0967. The Balaban J connectivity index is 1.71. The van der Waals surface area contributed by atoms with Gasteiger partial charge in [0, 0.05) is 17.1 Å². The molecule has 0 saturated carbocycles. The molecule has 0 spiro atoms. The van der Waals surface area contributed by atoms with Crippen molar-refractivity contribution in [3.05, 3.63) is 51.7 Å². The molecule has 1 aliphatic rings. The van der Waals surface area contributed by atoms with Gasteiger partial charge in [-0.05, 0) is 42.0 Å². The highest BCUT2D eigenvalue weighted by Gasteiger charge is 2.25. The number of thiophene rings is 1. The predicted molar refractivity (Wildman–Crippen MR) is 83.2 cm³/mol. The summed E-state index contributed by atoms with van der Waals surface area (Å²) in [5, 5.41) is 8.49. The quantitative estimate of drug-likeness (QED) is 0.909. The summed E-state index contributed by atoms with van der Waals surface area (Å²) >= 11 is 1.70. The fourth-order valence-electron chi connectivity index (χ4n) is 2.62. The first kappa shape index (κ1) is 13.2. The number of aryl methyl sites for hydroxylation is 1. The van der Waals surface area contributed by atoms with Crippen LogP contribution in [0.15, 0.2) is 35.7 Å². The second-order valence-corrected chi connectivity index (χ2v) is 6.10. The summed E-state index contributed by atoms with van der Waals surface area (Å²) < 4.78 is 0. The Morgan fingerprint density at radius 2 is 2.25 bits per heavy atom. The number of benzene rings is 1. The molecule has 1 aromatic heterocycles. The minimum Gasteiger partial charge on any atom is -0.385 e. The lowest BCUT2D eigenvalue weighted by molar-refractivity contribution is -0.122. The normalized spacial score (nSPS) is 17.1. The first-order chi connectivity index (χ1) is 9.75. The molecule has 0 radical (unpaired) electrons. The van der Waals surface area contributed by atoms with Gasteiger partial charge in [0.15, 0.2) is 0 Å². The lowest BCUT2D eigenvalue weighted by atomic mass is 9.90. The number of hydrogen-bond acceptors (Lipinski definition) is 3. The number of carbonyl (C=O) groups excluding carboxylic acids is 1. The number of anilines is 1. The lowest BCUT2D eigenvalue weighted by Gasteiger charge is -2.25. The minimum absolute atomic E-state index is 0.0345. The summed E-state index contributed by atoms with van der Waals surface area (Å²) in [6.45, 7) is 3.57. The second-order valence-electron chi connectivity index (χ2n) is 5.10. The smallest absolute Gasteiger partial charge is 0.227 e. The number of hydrogen-bond donors (Lipinski definition) is 2. The summed E-state index contributed by atoms with van der Waals surface area (Å²) in [7, 11) is 0. The first-order valence-electron chi connectivity index (χ1n) is 6.89. The Bertz CT molecular complexity index is 620. The van der Waals surface area contributed by atoms with E-state index >= 15 is 0 Å². The number of carbonyl (C=O) groups is 1. The van der Waals surface area contributed by atoms with Gasteiger partial charge in [-0.3, -0.25) is 4.79 Å². The van der Waals surface area contributed by atoms with Gasteiger partial charge in [0.05, 0.1) is 12.5 Å². The minimum atomic E-state index is -0.0345. The number of para-hydroxylation sites is 1. The molecule has 1 aliphatic heterocycles. The standard InChI is InChI=1S/C16H18N2OS/c1-11-7-9-20-15(11)10-18-16(19)13-6-8-17-14-5-3-2-4-12(13)14/h2-5,7,9,13,17H,6,8,10H2,1H3,(H,18,19). The van der Waals surface area contributed by atoms with Gasteiger partial charge in [0.25, 0.3) is 0 Å². The molecule has 0 aliphatic carbocycles.